The molecule has 10 heteroatoms. The molecule has 2 rings (SSSR count). The molecule has 2 aromatic carbocycles. The number of aliphatic carboxylic acids is 1. The van der Waals surface area contributed by atoms with Crippen LogP contribution in [-0.2, 0) is 14.8 Å². The van der Waals surface area contributed by atoms with E-state index in [1.165, 1.54) is 31.2 Å². The minimum Gasteiger partial charge on any atom is -0.480 e. The summed E-state index contributed by atoms with van der Waals surface area (Å²) in [6.07, 6.45) is 0. The molecule has 0 spiro atoms. The van der Waals surface area contributed by atoms with Crippen LogP contribution in [-0.4, -0.2) is 31.0 Å². The molecule has 0 aromatic heterocycles. The van der Waals surface area contributed by atoms with Gasteiger partial charge >= 0.3 is 5.97 Å². The van der Waals surface area contributed by atoms with Gasteiger partial charge in [-0.25, -0.2) is 8.42 Å². The smallest absolute Gasteiger partial charge is 0.324 e. The van der Waals surface area contributed by atoms with Crippen LogP contribution in [0.15, 0.2) is 41.3 Å². The Bertz CT molecular complexity index is 990. The van der Waals surface area contributed by atoms with Crippen LogP contribution in [0.5, 0.6) is 0 Å². The lowest BCUT2D eigenvalue weighted by Crippen LogP contribution is -2.36. The fourth-order valence-electron chi connectivity index (χ4n) is 2.39. The zero-order valence-corrected chi connectivity index (χ0v) is 15.4. The maximum atomic E-state index is 13.1. The number of aryl methyl sites for hydroxylation is 1. The Hall–Kier alpha value is -2.65. The average Bonchev–Trinajstić information content (AvgIpc) is 2.55. The second-order valence-corrected chi connectivity index (χ2v) is 7.73. The van der Waals surface area contributed by atoms with Gasteiger partial charge < -0.3 is 5.11 Å². The summed E-state index contributed by atoms with van der Waals surface area (Å²) in [4.78, 5) is 21.2. The van der Waals surface area contributed by atoms with Gasteiger partial charge in [-0.2, -0.15) is 0 Å². The van der Waals surface area contributed by atoms with Gasteiger partial charge in [-0.3, -0.25) is 19.2 Å². The van der Waals surface area contributed by atoms with Crippen molar-refractivity contribution >= 4 is 39.0 Å². The van der Waals surface area contributed by atoms with Crippen molar-refractivity contribution in [3.8, 4) is 0 Å². The van der Waals surface area contributed by atoms with Crippen LogP contribution in [0.25, 0.3) is 0 Å². The molecule has 0 atom stereocenters. The first-order valence-corrected chi connectivity index (χ1v) is 9.12. The maximum absolute atomic E-state index is 13.1. The molecule has 138 valence electrons. The Labute approximate surface area is 154 Å². The predicted octanol–water partition coefficient (Wildman–Crippen LogP) is 3.14. The molecule has 0 heterocycles. The van der Waals surface area contributed by atoms with E-state index in [1.54, 1.807) is 13.0 Å². The third kappa shape index (κ3) is 3.78. The second-order valence-electron chi connectivity index (χ2n) is 5.50. The third-order valence-corrected chi connectivity index (χ3v) is 6.05. The number of nitro groups is 1. The second kappa shape index (κ2) is 7.30. The minimum atomic E-state index is -4.39. The molecule has 26 heavy (non-hydrogen) atoms. The summed E-state index contributed by atoms with van der Waals surface area (Å²) in [5.74, 6) is -1.38. The predicted molar refractivity (Wildman–Crippen MR) is 96.2 cm³/mol. The summed E-state index contributed by atoms with van der Waals surface area (Å²) in [5, 5.41) is 20.4. The standard InChI is InChI=1S/C16H15ClN2O6S/c1-10-6-7-12(19(22)23)8-15(10)26(24,25)18(9-16(20)21)14-5-3-4-13(17)11(14)2/h3-8H,9H2,1-2H3,(H,20,21). The van der Waals surface area contributed by atoms with E-state index in [9.17, 15) is 28.4 Å². The number of hydrogen-bond acceptors (Lipinski definition) is 5. The Morgan fingerprint density at radius 1 is 1.27 bits per heavy atom. The molecule has 1 N–H and O–H groups in total. The number of carbonyl (C=O) groups is 1. The highest BCUT2D eigenvalue weighted by atomic mass is 35.5. The highest BCUT2D eigenvalue weighted by Gasteiger charge is 2.31. The summed E-state index contributed by atoms with van der Waals surface area (Å²) >= 11 is 6.03. The van der Waals surface area contributed by atoms with Crippen LogP contribution in [0, 0.1) is 24.0 Å². The van der Waals surface area contributed by atoms with E-state index in [2.05, 4.69) is 0 Å². The van der Waals surface area contributed by atoms with Crippen LogP contribution < -0.4 is 4.31 Å². The third-order valence-electron chi connectivity index (χ3n) is 3.74. The van der Waals surface area contributed by atoms with Gasteiger partial charge in [-0.1, -0.05) is 23.7 Å². The summed E-state index contributed by atoms with van der Waals surface area (Å²) in [6.45, 7) is 2.17. The van der Waals surface area contributed by atoms with Crippen molar-refractivity contribution in [2.45, 2.75) is 18.7 Å². The van der Waals surface area contributed by atoms with Crippen molar-refractivity contribution < 1.29 is 23.2 Å². The van der Waals surface area contributed by atoms with Gasteiger partial charge in [0.15, 0.2) is 0 Å². The molecular formula is C16H15ClN2O6S. The van der Waals surface area contributed by atoms with E-state index in [0.29, 0.717) is 9.87 Å². The van der Waals surface area contributed by atoms with Crippen LogP contribution >= 0.6 is 11.6 Å². The van der Waals surface area contributed by atoms with E-state index in [4.69, 9.17) is 11.6 Å². The number of nitrogens with zero attached hydrogens (tertiary/aromatic N) is 2. The van der Waals surface area contributed by atoms with E-state index < -0.39 is 33.1 Å². The fraction of sp³-hybridized carbons (Fsp3) is 0.188. The number of sulfonamides is 1. The van der Waals surface area contributed by atoms with E-state index >= 15 is 0 Å². The molecule has 2 aromatic rings. The lowest BCUT2D eigenvalue weighted by Gasteiger charge is -2.25. The first-order chi connectivity index (χ1) is 12.1. The number of carboxylic acids is 1. The largest absolute Gasteiger partial charge is 0.480 e. The quantitative estimate of drug-likeness (QED) is 0.589. The topological polar surface area (TPSA) is 118 Å². The lowest BCUT2D eigenvalue weighted by molar-refractivity contribution is -0.385. The number of benzene rings is 2. The number of anilines is 1. The molecular weight excluding hydrogens is 384 g/mol. The monoisotopic (exact) mass is 398 g/mol. The number of halogens is 1. The molecule has 0 bridgehead atoms. The van der Waals surface area contributed by atoms with Gasteiger partial charge in [0.1, 0.15) is 6.54 Å². The van der Waals surface area contributed by atoms with Crippen LogP contribution in [0.4, 0.5) is 11.4 Å². The van der Waals surface area contributed by atoms with Crippen molar-refractivity contribution in [1.82, 2.24) is 0 Å². The normalized spacial score (nSPS) is 11.2. The number of non-ortho nitro benzene ring substituents is 1. The van der Waals surface area contributed by atoms with Gasteiger partial charge in [-0.15, -0.1) is 0 Å². The first-order valence-electron chi connectivity index (χ1n) is 7.30. The molecule has 0 unspecified atom stereocenters. The minimum absolute atomic E-state index is 0.0887. The SMILES string of the molecule is Cc1ccc([N+](=O)[O-])cc1S(=O)(=O)N(CC(=O)O)c1cccc(Cl)c1C. The maximum Gasteiger partial charge on any atom is 0.324 e. The highest BCUT2D eigenvalue weighted by molar-refractivity contribution is 7.93. The summed E-state index contributed by atoms with van der Waals surface area (Å²) in [6, 6.07) is 7.86. The number of rotatable bonds is 6. The molecule has 0 amide bonds. The van der Waals surface area contributed by atoms with Gasteiger partial charge in [0.2, 0.25) is 0 Å². The van der Waals surface area contributed by atoms with Gasteiger partial charge in [-0.05, 0) is 37.1 Å². The van der Waals surface area contributed by atoms with Gasteiger partial charge in [0.25, 0.3) is 15.7 Å². The first kappa shape index (κ1) is 19.7. The van der Waals surface area contributed by atoms with E-state index in [1.807, 2.05) is 0 Å². The Morgan fingerprint density at radius 2 is 1.92 bits per heavy atom. The molecule has 0 radical (unpaired) electrons. The van der Waals surface area contributed by atoms with Gasteiger partial charge in [0.05, 0.1) is 15.5 Å². The Balaban J connectivity index is 2.72. The number of nitro benzene ring substituents is 1. The summed E-state index contributed by atoms with van der Waals surface area (Å²) < 4.78 is 26.9. The van der Waals surface area contributed by atoms with Crippen LogP contribution in [0.3, 0.4) is 0 Å². The van der Waals surface area contributed by atoms with Crippen molar-refractivity contribution in [2.75, 3.05) is 10.8 Å². The Morgan fingerprint density at radius 3 is 2.50 bits per heavy atom. The Kier molecular flexibility index (Phi) is 5.53. The highest BCUT2D eigenvalue weighted by Crippen LogP contribution is 2.32. The van der Waals surface area contributed by atoms with Crippen molar-refractivity contribution in [1.29, 1.82) is 0 Å². The molecule has 0 saturated carbocycles. The summed E-state index contributed by atoms with van der Waals surface area (Å²) in [7, 11) is -4.39. The molecule has 0 aliphatic rings. The van der Waals surface area contributed by atoms with Crippen LogP contribution in [0.2, 0.25) is 5.02 Å². The van der Waals surface area contributed by atoms with Crippen LogP contribution in [0.1, 0.15) is 11.1 Å². The molecule has 8 nitrogen and oxygen atoms in total. The van der Waals surface area contributed by atoms with E-state index in [-0.39, 0.29) is 21.2 Å². The number of hydrogen-bond donors (Lipinski definition) is 1. The van der Waals surface area contributed by atoms with Crippen molar-refractivity contribution in [2.24, 2.45) is 0 Å². The summed E-state index contributed by atoms with van der Waals surface area (Å²) in [5.41, 5.74) is 0.311. The van der Waals surface area contributed by atoms with Crippen molar-refractivity contribution in [3.63, 3.8) is 0 Å². The fourth-order valence-corrected chi connectivity index (χ4v) is 4.28. The lowest BCUT2D eigenvalue weighted by atomic mass is 10.2. The zero-order valence-electron chi connectivity index (χ0n) is 13.8. The molecule has 0 fully saturated rings. The molecule has 0 aliphatic heterocycles. The number of carboxylic acid groups (broad SMARTS) is 1. The van der Waals surface area contributed by atoms with Gasteiger partial charge in [0, 0.05) is 17.2 Å². The average molecular weight is 399 g/mol. The molecule has 0 aliphatic carbocycles. The zero-order chi connectivity index (χ0) is 19.6. The molecule has 0 saturated heterocycles. The van der Waals surface area contributed by atoms with Crippen molar-refractivity contribution in [3.05, 3.63) is 62.7 Å². The van der Waals surface area contributed by atoms with E-state index in [0.717, 1.165) is 6.07 Å².